The second kappa shape index (κ2) is 5.69. The molecule has 0 unspecified atom stereocenters. The van der Waals surface area contributed by atoms with Gasteiger partial charge in [-0.2, -0.15) is 0 Å². The van der Waals surface area contributed by atoms with Crippen molar-refractivity contribution in [3.05, 3.63) is 47.7 Å². The Kier molecular flexibility index (Phi) is 3.75. The number of likely N-dealkylation sites (tertiary alicyclic amines) is 1. The molecule has 3 rings (SSSR count). The minimum absolute atomic E-state index is 0.00139. The summed E-state index contributed by atoms with van der Waals surface area (Å²) >= 11 is 0. The molecule has 0 radical (unpaired) electrons. The standard InChI is InChI=1S/C16H19N3O2/c1-11-8-15(18-21-11)17-16(20)14-10-19(2)9-13(14)12-6-4-3-5-7-12/h3-8,13-14H,9-10H2,1-2H3,(H,17,18,20)/t13-,14+/m0/s1. The van der Waals surface area contributed by atoms with E-state index in [0.29, 0.717) is 11.6 Å². The summed E-state index contributed by atoms with van der Waals surface area (Å²) in [4.78, 5) is 14.7. The van der Waals surface area contributed by atoms with Crippen LogP contribution in [0.1, 0.15) is 17.2 Å². The molecule has 2 heterocycles. The topological polar surface area (TPSA) is 58.4 Å². The van der Waals surface area contributed by atoms with Crippen molar-refractivity contribution >= 4 is 11.7 Å². The molecule has 2 aromatic rings. The highest BCUT2D eigenvalue weighted by Crippen LogP contribution is 2.32. The summed E-state index contributed by atoms with van der Waals surface area (Å²) in [6.45, 7) is 3.45. The van der Waals surface area contributed by atoms with Gasteiger partial charge in [-0.05, 0) is 19.5 Å². The molecule has 1 aromatic carbocycles. The number of aromatic nitrogens is 1. The number of nitrogens with zero attached hydrogens (tertiary/aromatic N) is 2. The third-order valence-corrected chi connectivity index (χ3v) is 3.95. The van der Waals surface area contributed by atoms with Gasteiger partial charge in [0.1, 0.15) is 5.76 Å². The molecule has 21 heavy (non-hydrogen) atoms. The molecule has 5 nitrogen and oxygen atoms in total. The quantitative estimate of drug-likeness (QED) is 0.940. The summed E-state index contributed by atoms with van der Waals surface area (Å²) in [7, 11) is 2.05. The van der Waals surface area contributed by atoms with Crippen molar-refractivity contribution < 1.29 is 9.32 Å². The van der Waals surface area contributed by atoms with Gasteiger partial charge in [0.2, 0.25) is 5.91 Å². The number of nitrogens with one attached hydrogen (secondary N) is 1. The molecule has 1 amide bonds. The van der Waals surface area contributed by atoms with Crippen LogP contribution in [-0.2, 0) is 4.79 Å². The molecular weight excluding hydrogens is 266 g/mol. The Balaban J connectivity index is 1.77. The average Bonchev–Trinajstić information content (AvgIpc) is 3.06. The molecule has 110 valence electrons. The Hall–Kier alpha value is -2.14. The Labute approximate surface area is 123 Å². The molecule has 1 saturated heterocycles. The summed E-state index contributed by atoms with van der Waals surface area (Å²) in [6, 6.07) is 11.9. The van der Waals surface area contributed by atoms with Gasteiger partial charge in [0.15, 0.2) is 5.82 Å². The highest BCUT2D eigenvalue weighted by molar-refractivity contribution is 5.92. The molecule has 0 aliphatic carbocycles. The van der Waals surface area contributed by atoms with Gasteiger partial charge in [-0.3, -0.25) is 4.79 Å². The van der Waals surface area contributed by atoms with Gasteiger partial charge in [0.05, 0.1) is 5.92 Å². The number of rotatable bonds is 3. The first-order chi connectivity index (χ1) is 10.1. The normalized spacial score (nSPS) is 22.4. The molecule has 0 bridgehead atoms. The van der Waals surface area contributed by atoms with Crippen LogP contribution in [0.15, 0.2) is 40.9 Å². The largest absolute Gasteiger partial charge is 0.360 e. The number of anilines is 1. The third kappa shape index (κ3) is 2.97. The number of aryl methyl sites for hydroxylation is 1. The zero-order valence-electron chi connectivity index (χ0n) is 12.2. The second-order valence-electron chi connectivity index (χ2n) is 5.66. The molecule has 1 aliphatic rings. The van der Waals surface area contributed by atoms with Crippen molar-refractivity contribution in [2.24, 2.45) is 5.92 Å². The van der Waals surface area contributed by atoms with E-state index in [4.69, 9.17) is 4.52 Å². The Morgan fingerprint density at radius 2 is 2.10 bits per heavy atom. The zero-order chi connectivity index (χ0) is 14.8. The summed E-state index contributed by atoms with van der Waals surface area (Å²) in [5.41, 5.74) is 1.21. The maximum absolute atomic E-state index is 12.5. The first kappa shape index (κ1) is 13.8. The average molecular weight is 285 g/mol. The van der Waals surface area contributed by atoms with Crippen LogP contribution < -0.4 is 5.32 Å². The smallest absolute Gasteiger partial charge is 0.230 e. The highest BCUT2D eigenvalue weighted by atomic mass is 16.5. The van der Waals surface area contributed by atoms with Crippen LogP contribution in [-0.4, -0.2) is 36.1 Å². The summed E-state index contributed by atoms with van der Waals surface area (Å²) in [6.07, 6.45) is 0. The van der Waals surface area contributed by atoms with Gasteiger partial charge in [-0.15, -0.1) is 0 Å². The van der Waals surface area contributed by atoms with Crippen LogP contribution in [0.2, 0.25) is 0 Å². The summed E-state index contributed by atoms with van der Waals surface area (Å²) in [5, 5.41) is 6.68. The number of hydrogen-bond donors (Lipinski definition) is 1. The van der Waals surface area contributed by atoms with E-state index in [0.717, 1.165) is 13.1 Å². The molecule has 5 heteroatoms. The van der Waals surface area contributed by atoms with Crippen molar-refractivity contribution in [3.8, 4) is 0 Å². The van der Waals surface area contributed by atoms with Gasteiger partial charge in [0, 0.05) is 25.1 Å². The minimum atomic E-state index is -0.0746. The maximum Gasteiger partial charge on any atom is 0.230 e. The number of hydrogen-bond acceptors (Lipinski definition) is 4. The van der Waals surface area contributed by atoms with Gasteiger partial charge in [0.25, 0.3) is 0 Å². The van der Waals surface area contributed by atoms with E-state index in [1.54, 1.807) is 13.0 Å². The molecule has 0 saturated carbocycles. The molecule has 0 spiro atoms. The molecular formula is C16H19N3O2. The lowest BCUT2D eigenvalue weighted by atomic mass is 9.88. The van der Waals surface area contributed by atoms with Gasteiger partial charge in [-0.25, -0.2) is 0 Å². The number of carbonyl (C=O) groups is 1. The van der Waals surface area contributed by atoms with Crippen LogP contribution in [0, 0.1) is 12.8 Å². The van der Waals surface area contributed by atoms with Gasteiger partial charge >= 0.3 is 0 Å². The lowest BCUT2D eigenvalue weighted by Gasteiger charge is -2.17. The fourth-order valence-corrected chi connectivity index (χ4v) is 2.95. The van der Waals surface area contributed by atoms with Crippen LogP contribution in [0.5, 0.6) is 0 Å². The number of amides is 1. The van der Waals surface area contributed by atoms with Gasteiger partial charge in [-0.1, -0.05) is 35.5 Å². The Morgan fingerprint density at radius 1 is 1.33 bits per heavy atom. The van der Waals surface area contributed by atoms with E-state index in [-0.39, 0.29) is 17.7 Å². The molecule has 1 N–H and O–H groups in total. The number of likely N-dealkylation sites (N-methyl/N-ethyl adjacent to an activating group) is 1. The molecule has 1 aliphatic heterocycles. The maximum atomic E-state index is 12.5. The van der Waals surface area contributed by atoms with Crippen molar-refractivity contribution in [3.63, 3.8) is 0 Å². The molecule has 1 aromatic heterocycles. The first-order valence-corrected chi connectivity index (χ1v) is 7.11. The number of benzene rings is 1. The van der Waals surface area contributed by atoms with Crippen LogP contribution in [0.25, 0.3) is 0 Å². The van der Waals surface area contributed by atoms with E-state index >= 15 is 0 Å². The fraction of sp³-hybridized carbons (Fsp3) is 0.375. The monoisotopic (exact) mass is 285 g/mol. The predicted molar refractivity (Wildman–Crippen MR) is 80.0 cm³/mol. The third-order valence-electron chi connectivity index (χ3n) is 3.95. The van der Waals surface area contributed by atoms with E-state index < -0.39 is 0 Å². The van der Waals surface area contributed by atoms with E-state index in [1.165, 1.54) is 5.56 Å². The summed E-state index contributed by atoms with van der Waals surface area (Å²) < 4.78 is 4.99. The Bertz CT molecular complexity index is 623. The van der Waals surface area contributed by atoms with E-state index in [1.807, 2.05) is 25.2 Å². The van der Waals surface area contributed by atoms with Crippen LogP contribution in [0.3, 0.4) is 0 Å². The zero-order valence-corrected chi connectivity index (χ0v) is 12.2. The summed E-state index contributed by atoms with van der Waals surface area (Å²) in [5.74, 6) is 1.31. The van der Waals surface area contributed by atoms with Crippen molar-refractivity contribution in [1.29, 1.82) is 0 Å². The first-order valence-electron chi connectivity index (χ1n) is 7.11. The lowest BCUT2D eigenvalue weighted by molar-refractivity contribution is -0.119. The van der Waals surface area contributed by atoms with E-state index in [2.05, 4.69) is 27.5 Å². The van der Waals surface area contributed by atoms with Crippen LogP contribution in [0.4, 0.5) is 5.82 Å². The second-order valence-corrected chi connectivity index (χ2v) is 5.66. The van der Waals surface area contributed by atoms with Crippen molar-refractivity contribution in [1.82, 2.24) is 10.1 Å². The Morgan fingerprint density at radius 3 is 2.76 bits per heavy atom. The minimum Gasteiger partial charge on any atom is -0.360 e. The van der Waals surface area contributed by atoms with E-state index in [9.17, 15) is 4.79 Å². The van der Waals surface area contributed by atoms with Crippen molar-refractivity contribution in [2.75, 3.05) is 25.5 Å². The SMILES string of the molecule is Cc1cc(NC(=O)[C@@H]2CN(C)C[C@H]2c2ccccc2)no1. The van der Waals surface area contributed by atoms with Crippen LogP contribution >= 0.6 is 0 Å². The predicted octanol–water partition coefficient (Wildman–Crippen LogP) is 2.27. The fourth-order valence-electron chi connectivity index (χ4n) is 2.95. The van der Waals surface area contributed by atoms with Crippen molar-refractivity contribution in [2.45, 2.75) is 12.8 Å². The highest BCUT2D eigenvalue weighted by Gasteiger charge is 2.37. The number of carbonyl (C=O) groups excluding carboxylic acids is 1. The lowest BCUT2D eigenvalue weighted by Crippen LogP contribution is -2.28. The molecule has 2 atom stereocenters. The molecule has 1 fully saturated rings. The van der Waals surface area contributed by atoms with Gasteiger partial charge < -0.3 is 14.7 Å².